The molecule has 15 heteroatoms. The predicted molar refractivity (Wildman–Crippen MR) is 201 cm³/mol. The van der Waals surface area contributed by atoms with Crippen LogP contribution in [-0.2, 0) is 16.1 Å². The fraction of sp³-hybridized carbons (Fsp3) is 0.132. The lowest BCUT2D eigenvalue weighted by atomic mass is 9.93. The number of benzene rings is 4. The number of nitro groups is 1. The van der Waals surface area contributed by atoms with Crippen LogP contribution in [0.1, 0.15) is 36.6 Å². The number of esters is 1. The SMILES string of the molecule is CCOC(=O)C1=C(c2ccccc2)N=c2s/c(=C/c3cc([N+](=O)[O-])ccc3Sc3nnc(-c4cccc(Cl)c4)n3CC)c(=O)n2[C@@H]1c1ccc(F)cc1. The van der Waals surface area contributed by atoms with E-state index in [0.29, 0.717) is 49.8 Å². The number of ether oxygens (including phenoxy) is 1. The molecule has 0 saturated heterocycles. The Labute approximate surface area is 314 Å². The minimum atomic E-state index is -1.02. The highest BCUT2D eigenvalue weighted by Gasteiger charge is 2.35. The van der Waals surface area contributed by atoms with Gasteiger partial charge in [-0.15, -0.1) is 10.2 Å². The molecule has 4 aromatic carbocycles. The maximum absolute atomic E-state index is 14.5. The minimum Gasteiger partial charge on any atom is -0.463 e. The van der Waals surface area contributed by atoms with Crippen molar-refractivity contribution in [1.82, 2.24) is 19.3 Å². The molecule has 2 aromatic heterocycles. The first-order chi connectivity index (χ1) is 25.7. The van der Waals surface area contributed by atoms with Crippen LogP contribution < -0.4 is 14.9 Å². The topological polar surface area (TPSA) is 135 Å². The average molecular weight is 767 g/mol. The van der Waals surface area contributed by atoms with E-state index in [1.54, 1.807) is 43.3 Å². The van der Waals surface area contributed by atoms with Crippen LogP contribution in [0.3, 0.4) is 0 Å². The van der Waals surface area contributed by atoms with Gasteiger partial charge in [0.05, 0.1) is 33.4 Å². The van der Waals surface area contributed by atoms with Crippen molar-refractivity contribution >= 4 is 58.1 Å². The molecule has 0 aliphatic carbocycles. The van der Waals surface area contributed by atoms with E-state index in [2.05, 4.69) is 10.2 Å². The van der Waals surface area contributed by atoms with Gasteiger partial charge in [0.2, 0.25) is 0 Å². The van der Waals surface area contributed by atoms with Gasteiger partial charge in [0.1, 0.15) is 5.82 Å². The molecule has 1 atom stereocenters. The second-order valence-electron chi connectivity index (χ2n) is 11.6. The molecule has 6 aromatic rings. The molecule has 0 saturated carbocycles. The first-order valence-electron chi connectivity index (χ1n) is 16.4. The zero-order chi connectivity index (χ0) is 37.2. The van der Waals surface area contributed by atoms with Crippen LogP contribution in [0, 0.1) is 15.9 Å². The summed E-state index contributed by atoms with van der Waals surface area (Å²) in [6.45, 7) is 4.22. The number of carbonyl (C=O) groups is 1. The second kappa shape index (κ2) is 15.1. The number of thiazole rings is 1. The minimum absolute atomic E-state index is 0.0740. The third kappa shape index (κ3) is 7.08. The van der Waals surface area contributed by atoms with Gasteiger partial charge in [-0.25, -0.2) is 14.2 Å². The number of rotatable bonds is 10. The summed E-state index contributed by atoms with van der Waals surface area (Å²) in [5.74, 6) is -0.560. The van der Waals surface area contributed by atoms with E-state index >= 15 is 0 Å². The molecule has 0 spiro atoms. The standard InChI is InChI=1S/C38H28ClFN6O5S2/c1-3-44-34(24-11-8-12-26(39)19-24)42-43-38(44)52-29-18-17-28(46(49)50)20-25(29)21-30-35(47)45-33(23-13-15-27(40)16-14-23)31(36(48)51-4-2)32(41-37(45)53-30)22-9-6-5-7-10-22/h5-21,33H,3-4H2,1-2H3/b30-21+/t33-/m1/s1. The lowest BCUT2D eigenvalue weighted by Gasteiger charge is -2.25. The normalized spacial score (nSPS) is 14.2. The molecular weight excluding hydrogens is 739 g/mol. The summed E-state index contributed by atoms with van der Waals surface area (Å²) >= 11 is 8.55. The number of non-ortho nitro benzene ring substituents is 1. The number of halogens is 2. The fourth-order valence-corrected chi connectivity index (χ4v) is 8.14. The van der Waals surface area contributed by atoms with Crippen LogP contribution >= 0.6 is 34.7 Å². The largest absolute Gasteiger partial charge is 0.463 e. The number of carbonyl (C=O) groups excluding carboxylic acids is 1. The Morgan fingerprint density at radius 3 is 2.47 bits per heavy atom. The van der Waals surface area contributed by atoms with Crippen LogP contribution in [0.5, 0.6) is 0 Å². The predicted octanol–water partition coefficient (Wildman–Crippen LogP) is 7.07. The van der Waals surface area contributed by atoms with Gasteiger partial charge in [-0.1, -0.05) is 77.5 Å². The molecule has 0 N–H and O–H groups in total. The van der Waals surface area contributed by atoms with Gasteiger partial charge in [0.25, 0.3) is 11.2 Å². The maximum atomic E-state index is 14.5. The van der Waals surface area contributed by atoms with Crippen molar-refractivity contribution < 1.29 is 18.8 Å². The van der Waals surface area contributed by atoms with Gasteiger partial charge < -0.3 is 9.30 Å². The summed E-state index contributed by atoms with van der Waals surface area (Å²) in [5.41, 5.74) is 2.00. The van der Waals surface area contributed by atoms with Crippen LogP contribution in [0.4, 0.5) is 10.1 Å². The van der Waals surface area contributed by atoms with Crippen molar-refractivity contribution in [3.63, 3.8) is 0 Å². The van der Waals surface area contributed by atoms with Crippen molar-refractivity contribution in [2.75, 3.05) is 6.61 Å². The first kappa shape index (κ1) is 35.7. The van der Waals surface area contributed by atoms with Gasteiger partial charge in [-0.2, -0.15) is 0 Å². The highest BCUT2D eigenvalue weighted by molar-refractivity contribution is 7.99. The van der Waals surface area contributed by atoms with E-state index in [1.807, 2.05) is 41.8 Å². The van der Waals surface area contributed by atoms with Crippen LogP contribution in [-0.4, -0.2) is 36.8 Å². The van der Waals surface area contributed by atoms with Crippen LogP contribution in [0.2, 0.25) is 5.02 Å². The maximum Gasteiger partial charge on any atom is 0.338 e. The molecule has 0 amide bonds. The van der Waals surface area contributed by atoms with Gasteiger partial charge >= 0.3 is 5.97 Å². The summed E-state index contributed by atoms with van der Waals surface area (Å²) in [4.78, 5) is 45.3. The number of aromatic nitrogens is 4. The molecule has 3 heterocycles. The fourth-order valence-electron chi connectivity index (χ4n) is 5.99. The third-order valence-corrected chi connectivity index (χ3v) is 10.7. The van der Waals surface area contributed by atoms with E-state index in [9.17, 15) is 24.1 Å². The lowest BCUT2D eigenvalue weighted by molar-refractivity contribution is -0.384. The van der Waals surface area contributed by atoms with Crippen molar-refractivity contribution in [3.05, 3.63) is 160 Å². The molecule has 1 aliphatic rings. The summed E-state index contributed by atoms with van der Waals surface area (Å²) in [5, 5.41) is 21.8. The summed E-state index contributed by atoms with van der Waals surface area (Å²) < 4.78 is 23.2. The molecule has 53 heavy (non-hydrogen) atoms. The van der Waals surface area contributed by atoms with E-state index in [4.69, 9.17) is 21.3 Å². The third-order valence-electron chi connectivity index (χ3n) is 8.37. The molecule has 11 nitrogen and oxygen atoms in total. The van der Waals surface area contributed by atoms with Gasteiger partial charge in [0.15, 0.2) is 15.8 Å². The van der Waals surface area contributed by atoms with E-state index in [-0.39, 0.29) is 27.2 Å². The second-order valence-corrected chi connectivity index (χ2v) is 14.1. The Morgan fingerprint density at radius 2 is 1.77 bits per heavy atom. The smallest absolute Gasteiger partial charge is 0.338 e. The van der Waals surface area contributed by atoms with Crippen LogP contribution in [0.15, 0.2) is 122 Å². The summed E-state index contributed by atoms with van der Waals surface area (Å²) in [6, 6.07) is 25.2. The van der Waals surface area contributed by atoms with E-state index in [1.165, 1.54) is 52.7 Å². The Bertz CT molecular complexity index is 2600. The van der Waals surface area contributed by atoms with Crippen molar-refractivity contribution in [1.29, 1.82) is 0 Å². The van der Waals surface area contributed by atoms with Gasteiger partial charge in [-0.3, -0.25) is 19.5 Å². The zero-order valence-electron chi connectivity index (χ0n) is 28.1. The van der Waals surface area contributed by atoms with E-state index in [0.717, 1.165) is 16.9 Å². The van der Waals surface area contributed by atoms with Gasteiger partial charge in [-0.05, 0) is 73.1 Å². The molecule has 1 aliphatic heterocycles. The Morgan fingerprint density at radius 1 is 1.02 bits per heavy atom. The number of fused-ring (bicyclic) bond motifs is 1. The van der Waals surface area contributed by atoms with Crippen LogP contribution in [0.25, 0.3) is 23.2 Å². The molecule has 266 valence electrons. The Balaban J connectivity index is 1.42. The van der Waals surface area contributed by atoms with E-state index < -0.39 is 28.3 Å². The van der Waals surface area contributed by atoms with Crippen molar-refractivity contribution in [2.45, 2.75) is 36.5 Å². The molecule has 0 unspecified atom stereocenters. The highest BCUT2D eigenvalue weighted by atomic mass is 35.5. The number of nitrogens with zero attached hydrogens (tertiary/aromatic N) is 6. The highest BCUT2D eigenvalue weighted by Crippen LogP contribution is 2.36. The Kier molecular flexibility index (Phi) is 10.2. The first-order valence-corrected chi connectivity index (χ1v) is 18.4. The Hall–Kier alpha value is -5.70. The monoisotopic (exact) mass is 766 g/mol. The van der Waals surface area contributed by atoms with Gasteiger partial charge in [0, 0.05) is 39.7 Å². The quantitative estimate of drug-likeness (QED) is 0.0822. The molecule has 7 rings (SSSR count). The lowest BCUT2D eigenvalue weighted by Crippen LogP contribution is -2.40. The average Bonchev–Trinajstić information content (AvgIpc) is 3.71. The molecular formula is C38H28ClFN6O5S2. The molecule has 0 fully saturated rings. The summed E-state index contributed by atoms with van der Waals surface area (Å²) in [6.07, 6.45) is 1.57. The number of hydrogen-bond donors (Lipinski definition) is 0. The molecule has 0 radical (unpaired) electrons. The van der Waals surface area contributed by atoms with Crippen molar-refractivity contribution in [2.24, 2.45) is 4.99 Å². The number of nitro benzene ring substituents is 1. The molecule has 0 bridgehead atoms. The summed E-state index contributed by atoms with van der Waals surface area (Å²) in [7, 11) is 0. The number of hydrogen-bond acceptors (Lipinski definition) is 10. The zero-order valence-corrected chi connectivity index (χ0v) is 30.5. The van der Waals surface area contributed by atoms with Crippen molar-refractivity contribution in [3.8, 4) is 11.4 Å².